The van der Waals surface area contributed by atoms with Crippen LogP contribution in [0, 0.1) is 0 Å². The van der Waals surface area contributed by atoms with Crippen LogP contribution >= 0.6 is 0 Å². The molecule has 7 heteroatoms. The van der Waals surface area contributed by atoms with Crippen molar-refractivity contribution < 1.29 is 23.4 Å². The molecule has 1 aliphatic rings. The molecule has 0 spiro atoms. The fourth-order valence-corrected chi connectivity index (χ4v) is 4.66. The molecule has 1 heterocycles. The molecule has 0 radical (unpaired) electrons. The van der Waals surface area contributed by atoms with Gasteiger partial charge in [0.25, 0.3) is 0 Å². The molecule has 0 saturated heterocycles. The van der Waals surface area contributed by atoms with Gasteiger partial charge in [-0.25, -0.2) is 8.42 Å². The highest BCUT2D eigenvalue weighted by Gasteiger charge is 2.41. The summed E-state index contributed by atoms with van der Waals surface area (Å²) < 4.78 is 31.6. The highest BCUT2D eigenvalue weighted by atomic mass is 32.2. The topological polar surface area (TPSA) is 87.1 Å². The van der Waals surface area contributed by atoms with Crippen LogP contribution in [0.3, 0.4) is 0 Å². The third-order valence-electron chi connectivity index (χ3n) is 4.46. The van der Waals surface area contributed by atoms with Crippen LogP contribution in [0.15, 0.2) is 47.4 Å². The van der Waals surface area contributed by atoms with E-state index in [-0.39, 0.29) is 17.1 Å². The van der Waals surface area contributed by atoms with Gasteiger partial charge in [0.05, 0.1) is 24.2 Å². The Morgan fingerprint density at radius 2 is 1.88 bits per heavy atom. The van der Waals surface area contributed by atoms with Crippen molar-refractivity contribution >= 4 is 10.0 Å². The van der Waals surface area contributed by atoms with Crippen LogP contribution < -0.4 is 4.74 Å². The largest absolute Gasteiger partial charge is 0.504 e. The molecule has 2 N–H and O–H groups in total. The van der Waals surface area contributed by atoms with Gasteiger partial charge in [-0.3, -0.25) is 0 Å². The molecule has 2 aromatic carbocycles. The first-order chi connectivity index (χ1) is 11.4. The summed E-state index contributed by atoms with van der Waals surface area (Å²) >= 11 is 0. The molecule has 2 aromatic rings. The average Bonchev–Trinajstić information content (AvgIpc) is 2.58. The van der Waals surface area contributed by atoms with Crippen molar-refractivity contribution in [2.24, 2.45) is 0 Å². The predicted molar refractivity (Wildman–Crippen MR) is 88.5 cm³/mol. The van der Waals surface area contributed by atoms with Crippen molar-refractivity contribution in [1.29, 1.82) is 0 Å². The Balaban J connectivity index is 2.04. The fourth-order valence-electron chi connectivity index (χ4n) is 3.06. The third-order valence-corrected chi connectivity index (χ3v) is 6.41. The van der Waals surface area contributed by atoms with E-state index >= 15 is 0 Å². The van der Waals surface area contributed by atoms with Crippen LogP contribution in [0.25, 0.3) is 0 Å². The molecule has 1 aliphatic heterocycles. The maximum atomic E-state index is 12.7. The third kappa shape index (κ3) is 2.54. The van der Waals surface area contributed by atoms with Crippen LogP contribution in [0.5, 0.6) is 11.5 Å². The Bertz CT molecular complexity index is 865. The van der Waals surface area contributed by atoms with Crippen LogP contribution in [-0.2, 0) is 16.4 Å². The second-order valence-corrected chi connectivity index (χ2v) is 7.71. The molecule has 0 bridgehead atoms. The van der Waals surface area contributed by atoms with E-state index in [4.69, 9.17) is 4.74 Å². The van der Waals surface area contributed by atoms with Crippen LogP contribution in [0.2, 0.25) is 0 Å². The van der Waals surface area contributed by atoms with Gasteiger partial charge in [-0.2, -0.15) is 4.31 Å². The first kappa shape index (κ1) is 16.8. The summed E-state index contributed by atoms with van der Waals surface area (Å²) in [6.45, 7) is 0. The standard InChI is InChI=1S/C17H19NO5S/c1-18-13(10-11-6-5-8-14(23-2)16(11)19)17(20)12-7-3-4-9-15(12)24(18,21)22/h3-9,13,17,19-20H,10H2,1-2H3/t13-,17-/m1/s1. The SMILES string of the molecule is COc1cccc(C[C@@H]2[C@H](O)c3ccccc3S(=O)(=O)N2C)c1O. The number of phenols is 1. The lowest BCUT2D eigenvalue weighted by Crippen LogP contribution is -2.46. The molecular weight excluding hydrogens is 330 g/mol. The number of nitrogens with zero attached hydrogens (tertiary/aromatic N) is 1. The van der Waals surface area contributed by atoms with Gasteiger partial charge < -0.3 is 14.9 Å². The van der Waals surface area contributed by atoms with Crippen molar-refractivity contribution in [1.82, 2.24) is 4.31 Å². The van der Waals surface area contributed by atoms with E-state index < -0.39 is 22.2 Å². The number of ether oxygens (including phenoxy) is 1. The number of aromatic hydroxyl groups is 1. The zero-order valence-corrected chi connectivity index (χ0v) is 14.2. The minimum atomic E-state index is -3.69. The Morgan fingerprint density at radius 1 is 1.17 bits per heavy atom. The normalized spacial score (nSPS) is 22.8. The molecule has 2 atom stereocenters. The molecule has 24 heavy (non-hydrogen) atoms. The van der Waals surface area contributed by atoms with E-state index in [0.29, 0.717) is 16.9 Å². The first-order valence-electron chi connectivity index (χ1n) is 7.47. The molecule has 0 saturated carbocycles. The summed E-state index contributed by atoms with van der Waals surface area (Å²) in [5.74, 6) is 0.264. The highest BCUT2D eigenvalue weighted by Crippen LogP contribution is 2.39. The van der Waals surface area contributed by atoms with Gasteiger partial charge in [0.15, 0.2) is 11.5 Å². The number of aliphatic hydroxyl groups is 1. The molecule has 3 rings (SSSR count). The van der Waals surface area contributed by atoms with Crippen LogP contribution in [0.4, 0.5) is 0 Å². The van der Waals surface area contributed by atoms with Gasteiger partial charge in [0.1, 0.15) is 0 Å². The Labute approximate surface area is 141 Å². The van der Waals surface area contributed by atoms with E-state index in [9.17, 15) is 18.6 Å². The van der Waals surface area contributed by atoms with Gasteiger partial charge in [-0.15, -0.1) is 0 Å². The Hall–Kier alpha value is -2.09. The number of fused-ring (bicyclic) bond motifs is 1. The van der Waals surface area contributed by atoms with Crippen molar-refractivity contribution in [2.75, 3.05) is 14.2 Å². The number of hydrogen-bond acceptors (Lipinski definition) is 5. The predicted octanol–water partition coefficient (Wildman–Crippen LogP) is 1.68. The van der Waals surface area contributed by atoms with E-state index in [1.165, 1.54) is 24.5 Å². The molecule has 0 unspecified atom stereocenters. The number of sulfonamides is 1. The minimum absolute atomic E-state index is 0.0446. The lowest BCUT2D eigenvalue weighted by Gasteiger charge is -2.37. The summed E-state index contributed by atoms with van der Waals surface area (Å²) in [4.78, 5) is 0.117. The van der Waals surface area contributed by atoms with Crippen molar-refractivity contribution in [3.05, 3.63) is 53.6 Å². The highest BCUT2D eigenvalue weighted by molar-refractivity contribution is 7.89. The number of phenolic OH excluding ortho intramolecular Hbond substituents is 1. The van der Waals surface area contributed by atoms with Gasteiger partial charge in [-0.1, -0.05) is 30.3 Å². The molecule has 0 aliphatic carbocycles. The number of methoxy groups -OCH3 is 1. The number of rotatable bonds is 3. The van der Waals surface area contributed by atoms with E-state index in [0.717, 1.165) is 0 Å². The van der Waals surface area contributed by atoms with E-state index in [2.05, 4.69) is 0 Å². The van der Waals surface area contributed by atoms with Gasteiger partial charge in [-0.05, 0) is 24.1 Å². The van der Waals surface area contributed by atoms with Gasteiger partial charge in [0.2, 0.25) is 10.0 Å². The number of likely N-dealkylation sites (N-methyl/N-ethyl adjacent to an activating group) is 1. The molecular formula is C17H19NO5S. The lowest BCUT2D eigenvalue weighted by atomic mass is 9.95. The van der Waals surface area contributed by atoms with Gasteiger partial charge >= 0.3 is 0 Å². The summed E-state index contributed by atoms with van der Waals surface area (Å²) in [5, 5.41) is 20.9. The molecule has 0 aromatic heterocycles. The van der Waals surface area contributed by atoms with E-state index in [1.807, 2.05) is 0 Å². The van der Waals surface area contributed by atoms with Crippen molar-refractivity contribution in [3.63, 3.8) is 0 Å². The second kappa shape index (κ2) is 6.08. The fraction of sp³-hybridized carbons (Fsp3) is 0.294. The molecule has 128 valence electrons. The number of benzene rings is 2. The first-order valence-corrected chi connectivity index (χ1v) is 8.91. The molecule has 6 nitrogen and oxygen atoms in total. The summed E-state index contributed by atoms with van der Waals surface area (Å²) in [6, 6.07) is 10.7. The number of hydrogen-bond donors (Lipinski definition) is 2. The quantitative estimate of drug-likeness (QED) is 0.880. The summed E-state index contributed by atoms with van der Waals surface area (Å²) in [6.07, 6.45) is -0.825. The number of para-hydroxylation sites is 1. The Kier molecular flexibility index (Phi) is 4.25. The monoisotopic (exact) mass is 349 g/mol. The molecule has 0 fully saturated rings. The zero-order valence-electron chi connectivity index (χ0n) is 13.4. The summed E-state index contributed by atoms with van der Waals surface area (Å²) in [7, 11) is -0.805. The summed E-state index contributed by atoms with van der Waals surface area (Å²) in [5.41, 5.74) is 0.891. The zero-order chi connectivity index (χ0) is 17.5. The second-order valence-electron chi connectivity index (χ2n) is 5.74. The lowest BCUT2D eigenvalue weighted by molar-refractivity contribution is 0.0888. The van der Waals surface area contributed by atoms with Crippen molar-refractivity contribution in [3.8, 4) is 11.5 Å². The van der Waals surface area contributed by atoms with Crippen molar-refractivity contribution in [2.45, 2.75) is 23.5 Å². The van der Waals surface area contributed by atoms with Gasteiger partial charge in [0, 0.05) is 12.6 Å². The van der Waals surface area contributed by atoms with Crippen LogP contribution in [-0.4, -0.2) is 43.1 Å². The molecule has 0 amide bonds. The van der Waals surface area contributed by atoms with Crippen LogP contribution in [0.1, 0.15) is 17.2 Å². The maximum absolute atomic E-state index is 12.7. The average molecular weight is 349 g/mol. The maximum Gasteiger partial charge on any atom is 0.243 e. The smallest absolute Gasteiger partial charge is 0.243 e. The minimum Gasteiger partial charge on any atom is -0.504 e. The Morgan fingerprint density at radius 3 is 2.58 bits per heavy atom. The number of aliphatic hydroxyl groups excluding tert-OH is 1. The van der Waals surface area contributed by atoms with E-state index in [1.54, 1.807) is 36.4 Å².